The Morgan fingerprint density at radius 1 is 1.11 bits per heavy atom. The van der Waals surface area contributed by atoms with Crippen LogP contribution in [0.2, 0.25) is 0 Å². The summed E-state index contributed by atoms with van der Waals surface area (Å²) >= 11 is 2.67. The van der Waals surface area contributed by atoms with Gasteiger partial charge in [0, 0.05) is 28.9 Å². The lowest BCUT2D eigenvalue weighted by Gasteiger charge is -2.45. The molecule has 1 saturated carbocycles. The van der Waals surface area contributed by atoms with Crippen LogP contribution in [0.5, 0.6) is 0 Å². The Morgan fingerprint density at radius 3 is 2.59 bits per heavy atom. The Balaban J connectivity index is 1.62. The highest BCUT2D eigenvalue weighted by Gasteiger charge is 2.58. The number of carbonyl (C=O) groups is 1. The van der Waals surface area contributed by atoms with Gasteiger partial charge in [0.15, 0.2) is 0 Å². The summed E-state index contributed by atoms with van der Waals surface area (Å²) in [6.45, 7) is 8.46. The molecule has 3 aliphatic rings. The van der Waals surface area contributed by atoms with Crippen LogP contribution in [0, 0.1) is 12.3 Å². The van der Waals surface area contributed by atoms with Crippen LogP contribution in [0.3, 0.4) is 0 Å². The molecule has 0 amide bonds. The van der Waals surface area contributed by atoms with E-state index in [1.165, 1.54) is 32.6 Å². The molecule has 2 bridgehead atoms. The molecule has 9 heteroatoms. The fourth-order valence-electron chi connectivity index (χ4n) is 7.25. The highest BCUT2D eigenvalue weighted by atomic mass is 32.2. The first-order chi connectivity index (χ1) is 20.9. The van der Waals surface area contributed by atoms with Crippen molar-refractivity contribution in [2.24, 2.45) is 5.41 Å². The number of fused-ring (bicyclic) bond motifs is 8. The molecule has 44 heavy (non-hydrogen) atoms. The second-order valence-corrected chi connectivity index (χ2v) is 17.4. The molecule has 6 nitrogen and oxygen atoms in total. The van der Waals surface area contributed by atoms with Crippen LogP contribution < -0.4 is 0 Å². The zero-order valence-corrected chi connectivity index (χ0v) is 28.7. The third-order valence-corrected chi connectivity index (χ3v) is 14.1. The second-order valence-electron chi connectivity index (χ2n) is 13.0. The number of benzene rings is 1. The van der Waals surface area contributed by atoms with Crippen molar-refractivity contribution >= 4 is 38.5 Å². The Kier molecular flexibility index (Phi) is 10.0. The maximum atomic E-state index is 14.1. The van der Waals surface area contributed by atoms with E-state index in [1.54, 1.807) is 17.5 Å². The fourth-order valence-corrected chi connectivity index (χ4v) is 10.8. The highest BCUT2D eigenvalue weighted by Crippen LogP contribution is 2.59. The summed E-state index contributed by atoms with van der Waals surface area (Å²) in [7, 11) is -3.77. The van der Waals surface area contributed by atoms with Crippen molar-refractivity contribution in [2.45, 2.75) is 101 Å². The van der Waals surface area contributed by atoms with Gasteiger partial charge in [-0.3, -0.25) is 4.79 Å². The number of aryl methyl sites for hydroxylation is 1. The molecule has 3 aliphatic carbocycles. The Morgan fingerprint density at radius 2 is 1.91 bits per heavy atom. The summed E-state index contributed by atoms with van der Waals surface area (Å²) in [5, 5.41) is 25.3. The number of hydrogen-bond donors (Lipinski definition) is 2. The van der Waals surface area contributed by atoms with E-state index in [0.29, 0.717) is 61.9 Å². The molecule has 0 unspecified atom stereocenters. The molecular formula is C35H45NO5S3. The third kappa shape index (κ3) is 6.55. The zero-order chi connectivity index (χ0) is 31.7. The maximum Gasteiger partial charge on any atom is 0.252 e. The monoisotopic (exact) mass is 655 g/mol. The molecule has 6 rings (SSSR count). The van der Waals surface area contributed by atoms with Crippen LogP contribution in [0.15, 0.2) is 63.7 Å². The SMILES string of the molecule is CCCN(C[C@]1(O)CC[C@H]2c3ccc(cc3C(=O)c3ccc(C)s3)C[C@@H](O)CCC(C)=CCC[C@@]21C)S(=O)(=O)c1cccs1. The molecule has 1 fully saturated rings. The molecule has 0 spiro atoms. The van der Waals surface area contributed by atoms with E-state index in [1.807, 2.05) is 44.2 Å². The normalized spacial score (nSPS) is 26.4. The van der Waals surface area contributed by atoms with Crippen molar-refractivity contribution in [3.8, 4) is 0 Å². The van der Waals surface area contributed by atoms with Gasteiger partial charge in [-0.05, 0) is 112 Å². The van der Waals surface area contributed by atoms with Gasteiger partial charge in [0.05, 0.1) is 16.6 Å². The van der Waals surface area contributed by atoms with Gasteiger partial charge in [0.1, 0.15) is 4.21 Å². The lowest BCUT2D eigenvalue weighted by Crippen LogP contribution is -2.53. The van der Waals surface area contributed by atoms with Crippen molar-refractivity contribution in [2.75, 3.05) is 13.1 Å². The van der Waals surface area contributed by atoms with Crippen LogP contribution in [0.4, 0.5) is 0 Å². The zero-order valence-electron chi connectivity index (χ0n) is 26.2. The predicted molar refractivity (Wildman–Crippen MR) is 179 cm³/mol. The number of carbonyl (C=O) groups excluding carboxylic acids is 1. The first kappa shape index (κ1) is 33.2. The van der Waals surface area contributed by atoms with Gasteiger partial charge in [-0.2, -0.15) is 4.31 Å². The molecular weight excluding hydrogens is 611 g/mol. The average Bonchev–Trinajstić information content (AvgIpc) is 3.73. The van der Waals surface area contributed by atoms with Gasteiger partial charge >= 0.3 is 0 Å². The minimum Gasteiger partial charge on any atom is -0.393 e. The smallest absolute Gasteiger partial charge is 0.252 e. The molecule has 3 aromatic rings. The van der Waals surface area contributed by atoms with E-state index < -0.39 is 27.1 Å². The van der Waals surface area contributed by atoms with Crippen LogP contribution in [0.1, 0.15) is 103 Å². The fraction of sp³-hybridized carbons (Fsp3) is 0.514. The summed E-state index contributed by atoms with van der Waals surface area (Å²) in [5.74, 6) is -0.195. The lowest BCUT2D eigenvalue weighted by atomic mass is 9.65. The molecule has 238 valence electrons. The molecule has 2 aromatic heterocycles. The van der Waals surface area contributed by atoms with E-state index in [9.17, 15) is 23.4 Å². The van der Waals surface area contributed by atoms with Crippen molar-refractivity contribution in [1.82, 2.24) is 4.31 Å². The molecule has 2 heterocycles. The van der Waals surface area contributed by atoms with Crippen LogP contribution in [0.25, 0.3) is 0 Å². The van der Waals surface area contributed by atoms with Gasteiger partial charge in [0.2, 0.25) is 5.78 Å². The Bertz CT molecular complexity index is 1610. The molecule has 1 aromatic carbocycles. The maximum absolute atomic E-state index is 14.1. The van der Waals surface area contributed by atoms with E-state index in [4.69, 9.17) is 0 Å². The number of rotatable bonds is 8. The van der Waals surface area contributed by atoms with Crippen molar-refractivity contribution in [1.29, 1.82) is 0 Å². The topological polar surface area (TPSA) is 94.9 Å². The van der Waals surface area contributed by atoms with Crippen LogP contribution >= 0.6 is 22.7 Å². The summed E-state index contributed by atoms with van der Waals surface area (Å²) in [4.78, 5) is 15.8. The van der Waals surface area contributed by atoms with E-state index >= 15 is 0 Å². The summed E-state index contributed by atoms with van der Waals surface area (Å²) in [6.07, 6.45) is 6.63. The number of ketones is 1. The second kappa shape index (κ2) is 13.3. The molecule has 2 N–H and O–H groups in total. The number of aliphatic hydroxyl groups is 2. The van der Waals surface area contributed by atoms with Gasteiger partial charge in [-0.25, -0.2) is 8.42 Å². The van der Waals surface area contributed by atoms with E-state index in [2.05, 4.69) is 19.9 Å². The van der Waals surface area contributed by atoms with E-state index in [0.717, 1.165) is 22.4 Å². The highest BCUT2D eigenvalue weighted by molar-refractivity contribution is 7.91. The number of thiophene rings is 2. The largest absolute Gasteiger partial charge is 0.393 e. The van der Waals surface area contributed by atoms with Crippen molar-refractivity contribution in [3.05, 3.63) is 85.9 Å². The minimum atomic E-state index is -3.77. The standard InChI is InChI=1S/C35H45NO5S3/c1-5-19-36(44(40,41)32-9-7-20-42-32)23-35(39)18-16-30-28-14-12-26(22-29(28)33(38)31-15-11-25(3)43-31)21-27(37)13-10-24(2)8-6-17-34(30,35)4/h7-9,11-12,14-15,20,22,27,30,37,39H,5-6,10,13,16-19,21,23H2,1-4H3/t27-,30-,34-,35+/m0/s1. The van der Waals surface area contributed by atoms with Gasteiger partial charge in [0.25, 0.3) is 10.0 Å². The Labute approximate surface area is 270 Å². The lowest BCUT2D eigenvalue weighted by molar-refractivity contribution is -0.0723. The molecule has 0 aliphatic heterocycles. The number of sulfonamides is 1. The first-order valence-corrected chi connectivity index (χ1v) is 18.9. The van der Waals surface area contributed by atoms with Crippen molar-refractivity contribution in [3.63, 3.8) is 0 Å². The molecule has 0 radical (unpaired) electrons. The van der Waals surface area contributed by atoms with Crippen molar-refractivity contribution < 1.29 is 23.4 Å². The number of allylic oxidation sites excluding steroid dienone is 2. The summed E-state index contributed by atoms with van der Waals surface area (Å²) in [6, 6.07) is 13.2. The number of hydrogen-bond acceptors (Lipinski definition) is 7. The third-order valence-electron chi connectivity index (χ3n) is 9.88. The van der Waals surface area contributed by atoms with E-state index in [-0.39, 0.29) is 22.5 Å². The molecule has 0 saturated heterocycles. The Hall–Kier alpha value is -2.14. The summed E-state index contributed by atoms with van der Waals surface area (Å²) in [5.41, 5.74) is 1.64. The predicted octanol–water partition coefficient (Wildman–Crippen LogP) is 7.49. The van der Waals surface area contributed by atoms with Gasteiger partial charge < -0.3 is 10.2 Å². The number of aliphatic hydroxyl groups excluding tert-OH is 1. The minimum absolute atomic E-state index is 0.00838. The molecule has 4 atom stereocenters. The number of nitrogens with zero attached hydrogens (tertiary/aromatic N) is 1. The van der Waals surface area contributed by atoms with Gasteiger partial charge in [-0.1, -0.05) is 43.7 Å². The van der Waals surface area contributed by atoms with Gasteiger partial charge in [-0.15, -0.1) is 22.7 Å². The summed E-state index contributed by atoms with van der Waals surface area (Å²) < 4.78 is 29.3. The first-order valence-electron chi connectivity index (χ1n) is 15.7. The average molecular weight is 656 g/mol. The van der Waals surface area contributed by atoms with Crippen LogP contribution in [-0.2, 0) is 16.4 Å². The van der Waals surface area contributed by atoms with Crippen LogP contribution in [-0.4, -0.2) is 53.5 Å². The quantitative estimate of drug-likeness (QED) is 0.194.